The quantitative estimate of drug-likeness (QED) is 0.533. The molecule has 0 aliphatic carbocycles. The number of halogens is 3. The number of rotatable bonds is 5. The molecule has 0 spiro atoms. The van der Waals surface area contributed by atoms with Crippen LogP contribution in [0.25, 0.3) is 5.57 Å². The first kappa shape index (κ1) is 24.7. The summed E-state index contributed by atoms with van der Waals surface area (Å²) in [5.41, 5.74) is 1.23. The molecule has 1 saturated heterocycles. The molecule has 0 bridgehead atoms. The van der Waals surface area contributed by atoms with Gasteiger partial charge in [-0.2, -0.15) is 28.1 Å². The van der Waals surface area contributed by atoms with E-state index in [0.29, 0.717) is 28.7 Å². The predicted octanol–water partition coefficient (Wildman–Crippen LogP) is 4.73. The molecule has 3 aromatic rings. The van der Waals surface area contributed by atoms with Gasteiger partial charge in [-0.1, -0.05) is 30.3 Å². The van der Waals surface area contributed by atoms with Gasteiger partial charge < -0.3 is 19.9 Å². The van der Waals surface area contributed by atoms with Crippen LogP contribution in [0.2, 0.25) is 0 Å². The smallest absolute Gasteiger partial charge is 0.416 e. The van der Waals surface area contributed by atoms with Crippen molar-refractivity contribution >= 4 is 23.3 Å². The number of hydrogen-bond acceptors (Lipinski definition) is 8. The average molecular weight is 510 g/mol. The van der Waals surface area contributed by atoms with Gasteiger partial charge in [-0.15, -0.1) is 0 Å². The predicted molar refractivity (Wildman–Crippen MR) is 136 cm³/mol. The van der Waals surface area contributed by atoms with Gasteiger partial charge in [0.05, 0.1) is 12.1 Å². The number of aromatic nitrogens is 3. The lowest BCUT2D eigenvalue weighted by Gasteiger charge is -2.32. The number of alkyl halides is 3. The zero-order valence-corrected chi connectivity index (χ0v) is 20.5. The van der Waals surface area contributed by atoms with Crippen LogP contribution in [-0.4, -0.2) is 65.5 Å². The van der Waals surface area contributed by atoms with Crippen molar-refractivity contribution in [3.8, 4) is 11.8 Å². The molecular weight excluding hydrogens is 483 g/mol. The second-order valence-corrected chi connectivity index (χ2v) is 8.92. The van der Waals surface area contributed by atoms with Gasteiger partial charge in [0.1, 0.15) is 11.6 Å². The Labute approximate surface area is 212 Å². The monoisotopic (exact) mass is 509 g/mol. The summed E-state index contributed by atoms with van der Waals surface area (Å²) in [6.07, 6.45) is -4.41. The number of benzene rings is 2. The van der Waals surface area contributed by atoms with Gasteiger partial charge in [-0.3, -0.25) is 4.99 Å². The van der Waals surface area contributed by atoms with Crippen LogP contribution >= 0.6 is 0 Å². The minimum Gasteiger partial charge on any atom is -0.424 e. The first-order valence-electron chi connectivity index (χ1n) is 11.9. The third-order valence-corrected chi connectivity index (χ3v) is 6.31. The molecule has 3 heterocycles. The lowest BCUT2D eigenvalue weighted by Crippen LogP contribution is -2.45. The van der Waals surface area contributed by atoms with E-state index in [4.69, 9.17) is 4.74 Å². The Kier molecular flexibility index (Phi) is 6.79. The second kappa shape index (κ2) is 10.2. The highest BCUT2D eigenvalue weighted by atomic mass is 19.4. The zero-order valence-electron chi connectivity index (χ0n) is 20.5. The first-order valence-corrected chi connectivity index (χ1v) is 11.9. The van der Waals surface area contributed by atoms with E-state index < -0.39 is 11.7 Å². The van der Waals surface area contributed by atoms with E-state index in [2.05, 4.69) is 42.1 Å². The summed E-state index contributed by atoms with van der Waals surface area (Å²) in [5.74, 6) is 1.81. The van der Waals surface area contributed by atoms with Crippen molar-refractivity contribution < 1.29 is 17.9 Å². The summed E-state index contributed by atoms with van der Waals surface area (Å²) in [6.45, 7) is 5.32. The van der Waals surface area contributed by atoms with Crippen molar-refractivity contribution in [2.45, 2.75) is 13.1 Å². The molecule has 0 unspecified atom stereocenters. The molecule has 5 rings (SSSR count). The Morgan fingerprint density at radius 2 is 1.68 bits per heavy atom. The summed E-state index contributed by atoms with van der Waals surface area (Å²) in [5, 5.41) is 3.14. The molecule has 11 heteroatoms. The van der Waals surface area contributed by atoms with E-state index in [9.17, 15) is 13.2 Å². The Morgan fingerprint density at radius 1 is 0.919 bits per heavy atom. The van der Waals surface area contributed by atoms with Crippen molar-refractivity contribution in [2.24, 2.45) is 4.99 Å². The summed E-state index contributed by atoms with van der Waals surface area (Å²) < 4.78 is 45.6. The van der Waals surface area contributed by atoms with E-state index in [1.807, 2.05) is 37.3 Å². The fourth-order valence-electron chi connectivity index (χ4n) is 4.16. The standard InChI is InChI=1S/C26H26F3N7O/c1-17-21(18-7-6-8-19(15-18)26(27,28)29)16-30-22(17)31-23-32-24(36-13-11-35(2)12-14-36)34-25(33-23)37-20-9-4-3-5-10-20/h3-10,15H,11-14,16H2,1-2H3,(H,30,31,32,33,34). The third kappa shape index (κ3) is 5.72. The van der Waals surface area contributed by atoms with Crippen molar-refractivity contribution in [3.63, 3.8) is 0 Å². The fourth-order valence-corrected chi connectivity index (χ4v) is 4.16. The lowest BCUT2D eigenvalue weighted by atomic mass is 10.00. The van der Waals surface area contributed by atoms with Crippen LogP contribution < -0.4 is 15.0 Å². The van der Waals surface area contributed by atoms with Crippen LogP contribution in [0, 0.1) is 0 Å². The molecule has 0 radical (unpaired) electrons. The highest BCUT2D eigenvalue weighted by molar-refractivity contribution is 6.14. The summed E-state index contributed by atoms with van der Waals surface area (Å²) >= 11 is 0. The molecule has 1 fully saturated rings. The molecule has 2 aliphatic heterocycles. The normalized spacial score (nSPS) is 16.7. The lowest BCUT2D eigenvalue weighted by molar-refractivity contribution is -0.137. The molecule has 0 amide bonds. The minimum absolute atomic E-state index is 0.135. The maximum atomic E-state index is 13.2. The molecule has 2 aromatic carbocycles. The van der Waals surface area contributed by atoms with Crippen LogP contribution in [0.3, 0.4) is 0 Å². The summed E-state index contributed by atoms with van der Waals surface area (Å²) in [6, 6.07) is 14.6. The highest BCUT2D eigenvalue weighted by Crippen LogP contribution is 2.33. The van der Waals surface area contributed by atoms with Crippen molar-refractivity contribution in [2.75, 3.05) is 50.0 Å². The summed E-state index contributed by atoms with van der Waals surface area (Å²) in [4.78, 5) is 22.4. The Balaban J connectivity index is 1.42. The first-order chi connectivity index (χ1) is 17.8. The van der Waals surface area contributed by atoms with E-state index >= 15 is 0 Å². The molecule has 37 heavy (non-hydrogen) atoms. The molecule has 2 aliphatic rings. The van der Waals surface area contributed by atoms with Crippen LogP contribution in [0.5, 0.6) is 11.8 Å². The van der Waals surface area contributed by atoms with Gasteiger partial charge in [0.2, 0.25) is 11.9 Å². The van der Waals surface area contributed by atoms with Crippen LogP contribution in [0.1, 0.15) is 18.1 Å². The number of nitrogens with one attached hydrogen (secondary N) is 1. The van der Waals surface area contributed by atoms with Gasteiger partial charge in [-0.25, -0.2) is 0 Å². The Hall–Kier alpha value is -3.99. The number of anilines is 2. The average Bonchev–Trinajstić information content (AvgIpc) is 3.24. The third-order valence-electron chi connectivity index (χ3n) is 6.31. The number of aliphatic imine (C=N–C) groups is 1. The minimum atomic E-state index is -4.41. The van der Waals surface area contributed by atoms with Crippen molar-refractivity contribution in [1.29, 1.82) is 0 Å². The Bertz CT molecular complexity index is 1330. The number of nitrogens with zero attached hydrogens (tertiary/aromatic N) is 6. The molecule has 0 saturated carbocycles. The second-order valence-electron chi connectivity index (χ2n) is 8.92. The molecular formula is C26H26F3N7O. The van der Waals surface area contributed by atoms with Gasteiger partial charge >= 0.3 is 12.2 Å². The van der Waals surface area contributed by atoms with Gasteiger partial charge in [0.25, 0.3) is 0 Å². The number of amidine groups is 1. The number of likely N-dealkylation sites (N-methyl/N-ethyl adjacent to an activating group) is 1. The van der Waals surface area contributed by atoms with E-state index in [-0.39, 0.29) is 18.5 Å². The fraction of sp³-hybridized carbons (Fsp3) is 0.308. The van der Waals surface area contributed by atoms with Crippen molar-refractivity contribution in [3.05, 3.63) is 71.3 Å². The van der Waals surface area contributed by atoms with E-state index in [0.717, 1.165) is 43.9 Å². The van der Waals surface area contributed by atoms with Gasteiger partial charge in [0.15, 0.2) is 0 Å². The van der Waals surface area contributed by atoms with Crippen LogP contribution in [0.4, 0.5) is 25.1 Å². The van der Waals surface area contributed by atoms with Crippen LogP contribution in [-0.2, 0) is 6.18 Å². The summed E-state index contributed by atoms with van der Waals surface area (Å²) in [7, 11) is 2.07. The number of para-hydroxylation sites is 1. The van der Waals surface area contributed by atoms with Crippen LogP contribution in [0.15, 0.2) is 65.2 Å². The van der Waals surface area contributed by atoms with Gasteiger partial charge in [0, 0.05) is 26.2 Å². The molecule has 1 N–H and O–H groups in total. The molecule has 8 nitrogen and oxygen atoms in total. The topological polar surface area (TPSA) is 78.8 Å². The Morgan fingerprint density at radius 3 is 2.41 bits per heavy atom. The number of ether oxygens (including phenoxy) is 1. The van der Waals surface area contributed by atoms with Crippen molar-refractivity contribution in [1.82, 2.24) is 19.9 Å². The SMILES string of the molecule is CC1=C(c2cccc(C(F)(F)F)c2)CN=C1Nc1nc(Oc2ccccc2)nc(N2CCN(C)CC2)n1. The molecule has 1 aromatic heterocycles. The maximum absolute atomic E-state index is 13.2. The van der Waals surface area contributed by atoms with E-state index in [1.54, 1.807) is 6.07 Å². The van der Waals surface area contributed by atoms with E-state index in [1.165, 1.54) is 6.07 Å². The molecule has 0 atom stereocenters. The number of hydrogen-bond donors (Lipinski definition) is 1. The van der Waals surface area contributed by atoms with Gasteiger partial charge in [-0.05, 0) is 54.9 Å². The number of piperazine rings is 1. The largest absolute Gasteiger partial charge is 0.424 e. The molecule has 192 valence electrons. The maximum Gasteiger partial charge on any atom is 0.416 e. The zero-order chi connectivity index (χ0) is 26.0. The highest BCUT2D eigenvalue weighted by Gasteiger charge is 2.31.